The molecule has 29 heavy (non-hydrogen) atoms. The lowest BCUT2D eigenvalue weighted by Gasteiger charge is -2.17. The monoisotopic (exact) mass is 447 g/mol. The molecule has 1 aromatic heterocycles. The van der Waals surface area contributed by atoms with Crippen LogP contribution in [0.5, 0.6) is 5.75 Å². The highest BCUT2D eigenvalue weighted by Gasteiger charge is 2.19. The van der Waals surface area contributed by atoms with Gasteiger partial charge in [0.05, 0.1) is 0 Å². The summed E-state index contributed by atoms with van der Waals surface area (Å²) in [7, 11) is 0. The van der Waals surface area contributed by atoms with Crippen molar-refractivity contribution in [1.29, 1.82) is 0 Å². The number of ether oxygens (including phenoxy) is 1. The summed E-state index contributed by atoms with van der Waals surface area (Å²) in [5.41, 5.74) is 3.15. The van der Waals surface area contributed by atoms with Gasteiger partial charge in [0.15, 0.2) is 17.1 Å². The van der Waals surface area contributed by atoms with Crippen molar-refractivity contribution in [3.05, 3.63) is 81.6 Å². The van der Waals surface area contributed by atoms with Gasteiger partial charge < -0.3 is 4.74 Å². The van der Waals surface area contributed by atoms with Crippen molar-refractivity contribution in [3.63, 3.8) is 0 Å². The smallest absolute Gasteiger partial charge is 0.191 e. The molecule has 0 aliphatic heterocycles. The summed E-state index contributed by atoms with van der Waals surface area (Å²) >= 11 is 13.8. The van der Waals surface area contributed by atoms with E-state index in [0.29, 0.717) is 6.54 Å². The third kappa shape index (κ3) is 5.35. The standard InChI is InChI=1S/C22H23Cl2N3OS/c1-5-10-27-21(16(4)28-19-11-14(2)20(24)15(3)12-19)25-26-22(27)29-13-17-6-8-18(23)9-7-17/h5-9,11-12,16H,1,10,13H2,2-4H3. The molecule has 1 heterocycles. The summed E-state index contributed by atoms with van der Waals surface area (Å²) in [6.45, 7) is 10.4. The molecule has 0 saturated heterocycles. The zero-order chi connectivity index (χ0) is 21.0. The number of halogens is 2. The normalized spacial score (nSPS) is 12.0. The zero-order valence-corrected chi connectivity index (χ0v) is 19.0. The van der Waals surface area contributed by atoms with Crippen LogP contribution in [0.4, 0.5) is 0 Å². The first-order valence-electron chi connectivity index (χ1n) is 9.23. The van der Waals surface area contributed by atoms with E-state index in [2.05, 4.69) is 16.8 Å². The largest absolute Gasteiger partial charge is 0.483 e. The fourth-order valence-corrected chi connectivity index (χ4v) is 4.11. The first-order valence-corrected chi connectivity index (χ1v) is 11.0. The van der Waals surface area contributed by atoms with E-state index < -0.39 is 0 Å². The highest BCUT2D eigenvalue weighted by atomic mass is 35.5. The minimum Gasteiger partial charge on any atom is -0.483 e. The highest BCUT2D eigenvalue weighted by molar-refractivity contribution is 7.98. The van der Waals surface area contributed by atoms with Crippen LogP contribution in [0.2, 0.25) is 10.0 Å². The van der Waals surface area contributed by atoms with E-state index in [-0.39, 0.29) is 6.10 Å². The zero-order valence-electron chi connectivity index (χ0n) is 16.7. The minimum atomic E-state index is -0.271. The molecule has 0 aliphatic rings. The molecular weight excluding hydrogens is 425 g/mol. The lowest BCUT2D eigenvalue weighted by molar-refractivity contribution is 0.210. The second-order valence-electron chi connectivity index (χ2n) is 6.79. The number of hydrogen-bond donors (Lipinski definition) is 0. The SMILES string of the molecule is C=CCn1c(SCc2ccc(Cl)cc2)nnc1C(C)Oc1cc(C)c(Cl)c(C)c1. The van der Waals surface area contributed by atoms with Crippen LogP contribution in [0, 0.1) is 13.8 Å². The van der Waals surface area contributed by atoms with E-state index in [1.165, 1.54) is 5.56 Å². The van der Waals surface area contributed by atoms with Gasteiger partial charge in [0.1, 0.15) is 5.75 Å². The van der Waals surface area contributed by atoms with Gasteiger partial charge in [0, 0.05) is 22.3 Å². The number of rotatable bonds is 8. The third-order valence-corrected chi connectivity index (χ3v) is 6.31. The van der Waals surface area contributed by atoms with Crippen LogP contribution >= 0.6 is 35.0 Å². The van der Waals surface area contributed by atoms with Crippen LogP contribution in [0.1, 0.15) is 35.5 Å². The summed E-state index contributed by atoms with van der Waals surface area (Å²) in [6.07, 6.45) is 1.56. The molecule has 1 unspecified atom stereocenters. The van der Waals surface area contributed by atoms with E-state index in [4.69, 9.17) is 27.9 Å². The summed E-state index contributed by atoms with van der Waals surface area (Å²) in [5.74, 6) is 2.30. The van der Waals surface area contributed by atoms with E-state index in [1.807, 2.05) is 67.8 Å². The minimum absolute atomic E-state index is 0.271. The molecule has 1 atom stereocenters. The molecule has 3 rings (SSSR count). The fourth-order valence-electron chi connectivity index (χ4n) is 2.97. The summed E-state index contributed by atoms with van der Waals surface area (Å²) in [5, 5.41) is 11.1. The van der Waals surface area contributed by atoms with Crippen molar-refractivity contribution in [2.45, 2.75) is 44.3 Å². The predicted octanol–water partition coefficient (Wildman–Crippen LogP) is 6.82. The Kier molecular flexibility index (Phi) is 7.28. The molecule has 0 aliphatic carbocycles. The van der Waals surface area contributed by atoms with Crippen LogP contribution in [0.15, 0.2) is 54.2 Å². The maximum absolute atomic E-state index is 6.26. The average molecular weight is 448 g/mol. The molecule has 0 amide bonds. The van der Waals surface area contributed by atoms with E-state index >= 15 is 0 Å². The molecule has 152 valence electrons. The Labute approximate surface area is 185 Å². The van der Waals surface area contributed by atoms with Gasteiger partial charge in [-0.05, 0) is 61.7 Å². The molecule has 3 aromatic rings. The van der Waals surface area contributed by atoms with Crippen LogP contribution in [0.25, 0.3) is 0 Å². The van der Waals surface area contributed by atoms with Crippen molar-refractivity contribution < 1.29 is 4.74 Å². The Balaban J connectivity index is 1.78. The van der Waals surface area contributed by atoms with E-state index in [0.717, 1.165) is 43.7 Å². The molecule has 0 spiro atoms. The van der Waals surface area contributed by atoms with Gasteiger partial charge in [-0.25, -0.2) is 0 Å². The molecule has 0 N–H and O–H groups in total. The lowest BCUT2D eigenvalue weighted by atomic mass is 10.1. The molecule has 2 aromatic carbocycles. The Hall–Kier alpha value is -1.95. The number of benzene rings is 2. The highest BCUT2D eigenvalue weighted by Crippen LogP contribution is 2.30. The molecule has 0 saturated carbocycles. The van der Waals surface area contributed by atoms with E-state index in [1.54, 1.807) is 11.8 Å². The fraction of sp³-hybridized carbons (Fsp3) is 0.273. The van der Waals surface area contributed by atoms with Gasteiger partial charge >= 0.3 is 0 Å². The molecular formula is C22H23Cl2N3OS. The van der Waals surface area contributed by atoms with Crippen molar-refractivity contribution in [2.75, 3.05) is 0 Å². The van der Waals surface area contributed by atoms with Crippen LogP contribution in [-0.4, -0.2) is 14.8 Å². The first kappa shape index (κ1) is 21.8. The number of hydrogen-bond acceptors (Lipinski definition) is 4. The van der Waals surface area contributed by atoms with E-state index in [9.17, 15) is 0 Å². The molecule has 0 radical (unpaired) electrons. The number of thioether (sulfide) groups is 1. The Morgan fingerprint density at radius 1 is 1.14 bits per heavy atom. The molecule has 7 heteroatoms. The second-order valence-corrected chi connectivity index (χ2v) is 8.54. The van der Waals surface area contributed by atoms with Gasteiger partial charge in [-0.15, -0.1) is 16.8 Å². The van der Waals surface area contributed by atoms with Crippen molar-refractivity contribution in [3.8, 4) is 5.75 Å². The number of aryl methyl sites for hydroxylation is 2. The summed E-state index contributed by atoms with van der Waals surface area (Å²) < 4.78 is 8.19. The lowest BCUT2D eigenvalue weighted by Crippen LogP contribution is -2.12. The van der Waals surface area contributed by atoms with Crippen molar-refractivity contribution >= 4 is 35.0 Å². The molecule has 0 fully saturated rings. The van der Waals surface area contributed by atoms with Gasteiger partial charge in [0.25, 0.3) is 0 Å². The number of aromatic nitrogens is 3. The van der Waals surface area contributed by atoms with Crippen molar-refractivity contribution in [1.82, 2.24) is 14.8 Å². The Bertz CT molecular complexity index is 979. The average Bonchev–Trinajstić information content (AvgIpc) is 3.09. The molecule has 0 bridgehead atoms. The summed E-state index contributed by atoms with van der Waals surface area (Å²) in [6, 6.07) is 11.7. The predicted molar refractivity (Wildman–Crippen MR) is 121 cm³/mol. The quantitative estimate of drug-likeness (QED) is 0.280. The third-order valence-electron chi connectivity index (χ3n) is 4.42. The second kappa shape index (κ2) is 9.70. The van der Waals surface area contributed by atoms with Gasteiger partial charge in [-0.2, -0.15) is 0 Å². The van der Waals surface area contributed by atoms with Crippen molar-refractivity contribution in [2.24, 2.45) is 0 Å². The van der Waals surface area contributed by atoms with Crippen LogP contribution in [-0.2, 0) is 12.3 Å². The van der Waals surface area contributed by atoms with Crippen LogP contribution < -0.4 is 4.74 Å². The topological polar surface area (TPSA) is 39.9 Å². The maximum Gasteiger partial charge on any atom is 0.191 e. The number of allylic oxidation sites excluding steroid dienone is 1. The Morgan fingerprint density at radius 2 is 1.79 bits per heavy atom. The summed E-state index contributed by atoms with van der Waals surface area (Å²) in [4.78, 5) is 0. The number of nitrogens with zero attached hydrogens (tertiary/aromatic N) is 3. The van der Waals surface area contributed by atoms with Gasteiger partial charge in [0.2, 0.25) is 0 Å². The molecule has 4 nitrogen and oxygen atoms in total. The first-order chi connectivity index (χ1) is 13.9. The van der Waals surface area contributed by atoms with Gasteiger partial charge in [-0.3, -0.25) is 4.57 Å². The van der Waals surface area contributed by atoms with Gasteiger partial charge in [-0.1, -0.05) is 53.2 Å². The van der Waals surface area contributed by atoms with Crippen LogP contribution in [0.3, 0.4) is 0 Å². The Morgan fingerprint density at radius 3 is 2.41 bits per heavy atom. The maximum atomic E-state index is 6.26.